The Labute approximate surface area is 96.1 Å². The molecule has 0 spiro atoms. The van der Waals surface area contributed by atoms with Crippen LogP contribution in [0.1, 0.15) is 18.9 Å². The van der Waals surface area contributed by atoms with Gasteiger partial charge in [0.15, 0.2) is 0 Å². The molecule has 0 aromatic heterocycles. The first kappa shape index (κ1) is 10.9. The van der Waals surface area contributed by atoms with Gasteiger partial charge in [0.05, 0.1) is 0 Å². The highest BCUT2D eigenvalue weighted by molar-refractivity contribution is 5.82. The maximum Gasteiger partial charge on any atom is 0.122 e. The zero-order valence-corrected chi connectivity index (χ0v) is 9.52. The molecule has 2 aromatic rings. The third-order valence-electron chi connectivity index (χ3n) is 2.93. The predicted octanol–water partition coefficient (Wildman–Crippen LogP) is 3.61. The van der Waals surface area contributed by atoms with Crippen molar-refractivity contribution in [1.82, 2.24) is 0 Å². The summed E-state index contributed by atoms with van der Waals surface area (Å²) in [5, 5.41) is 2.55. The Morgan fingerprint density at radius 1 is 1.12 bits per heavy atom. The second-order valence-electron chi connectivity index (χ2n) is 4.33. The number of carbonyl (C=O) groups is 1. The van der Waals surface area contributed by atoms with E-state index in [-0.39, 0.29) is 5.92 Å². The lowest BCUT2D eigenvalue weighted by atomic mass is 10.00. The molecular weight excluding hydrogens is 196 g/mol. The fraction of sp³-hybridized carbons (Fsp3) is 0.267. The molecule has 1 atom stereocenters. The van der Waals surface area contributed by atoms with Crippen LogP contribution in [-0.2, 0) is 11.2 Å². The SMILES string of the molecule is CC(C=O)CCc1ccc2ccccc2c1. The molecule has 0 aliphatic rings. The monoisotopic (exact) mass is 212 g/mol. The Kier molecular flexibility index (Phi) is 3.35. The third-order valence-corrected chi connectivity index (χ3v) is 2.93. The summed E-state index contributed by atoms with van der Waals surface area (Å²) < 4.78 is 0. The molecule has 2 rings (SSSR count). The molecule has 0 amide bonds. The van der Waals surface area contributed by atoms with Gasteiger partial charge in [-0.05, 0) is 29.2 Å². The van der Waals surface area contributed by atoms with Crippen molar-refractivity contribution >= 4 is 17.1 Å². The largest absolute Gasteiger partial charge is 0.303 e. The van der Waals surface area contributed by atoms with Gasteiger partial charge < -0.3 is 4.79 Å². The Balaban J connectivity index is 2.16. The number of hydrogen-bond donors (Lipinski definition) is 0. The van der Waals surface area contributed by atoms with Gasteiger partial charge in [-0.1, -0.05) is 49.4 Å². The van der Waals surface area contributed by atoms with Gasteiger partial charge >= 0.3 is 0 Å². The lowest BCUT2D eigenvalue weighted by molar-refractivity contribution is -0.110. The number of aldehydes is 1. The number of fused-ring (bicyclic) bond motifs is 1. The van der Waals surface area contributed by atoms with Gasteiger partial charge in [0.2, 0.25) is 0 Å². The van der Waals surface area contributed by atoms with Crippen LogP contribution in [0.25, 0.3) is 10.8 Å². The van der Waals surface area contributed by atoms with Crippen molar-refractivity contribution in [1.29, 1.82) is 0 Å². The number of carbonyl (C=O) groups excluding carboxylic acids is 1. The minimum atomic E-state index is 0.159. The van der Waals surface area contributed by atoms with Crippen LogP contribution in [0.5, 0.6) is 0 Å². The van der Waals surface area contributed by atoms with Gasteiger partial charge in [-0.2, -0.15) is 0 Å². The molecule has 0 heterocycles. The molecule has 1 nitrogen and oxygen atoms in total. The van der Waals surface area contributed by atoms with Crippen molar-refractivity contribution in [2.75, 3.05) is 0 Å². The lowest BCUT2D eigenvalue weighted by Gasteiger charge is -2.05. The summed E-state index contributed by atoms with van der Waals surface area (Å²) in [4.78, 5) is 10.5. The molecule has 0 aliphatic heterocycles. The van der Waals surface area contributed by atoms with E-state index in [0.29, 0.717) is 0 Å². The third kappa shape index (κ3) is 2.48. The van der Waals surface area contributed by atoms with Gasteiger partial charge in [0.1, 0.15) is 6.29 Å². The first-order valence-electron chi connectivity index (χ1n) is 5.72. The molecule has 2 aromatic carbocycles. The van der Waals surface area contributed by atoms with Gasteiger partial charge in [-0.3, -0.25) is 0 Å². The molecule has 1 unspecified atom stereocenters. The summed E-state index contributed by atoms with van der Waals surface area (Å²) in [7, 11) is 0. The highest BCUT2D eigenvalue weighted by atomic mass is 16.1. The summed E-state index contributed by atoms with van der Waals surface area (Å²) in [5.41, 5.74) is 1.31. The normalized spacial score (nSPS) is 12.6. The van der Waals surface area contributed by atoms with Crippen molar-refractivity contribution in [2.45, 2.75) is 19.8 Å². The summed E-state index contributed by atoms with van der Waals surface area (Å²) in [6.07, 6.45) is 2.94. The minimum Gasteiger partial charge on any atom is -0.303 e. The summed E-state index contributed by atoms with van der Waals surface area (Å²) in [6.45, 7) is 1.97. The van der Waals surface area contributed by atoms with Crippen LogP contribution in [0.3, 0.4) is 0 Å². The van der Waals surface area contributed by atoms with E-state index in [2.05, 4.69) is 42.5 Å². The highest BCUT2D eigenvalue weighted by Gasteiger charge is 2.01. The highest BCUT2D eigenvalue weighted by Crippen LogP contribution is 2.17. The smallest absolute Gasteiger partial charge is 0.122 e. The van der Waals surface area contributed by atoms with Gasteiger partial charge in [-0.25, -0.2) is 0 Å². The van der Waals surface area contributed by atoms with Gasteiger partial charge in [-0.15, -0.1) is 0 Å². The number of aryl methyl sites for hydroxylation is 1. The number of hydrogen-bond acceptors (Lipinski definition) is 1. The first-order valence-corrected chi connectivity index (χ1v) is 5.72. The maximum absolute atomic E-state index is 10.5. The topological polar surface area (TPSA) is 17.1 Å². The first-order chi connectivity index (χ1) is 7.79. The standard InChI is InChI=1S/C15H16O/c1-12(11-16)6-7-13-8-9-14-4-2-3-5-15(14)10-13/h2-5,8-12H,6-7H2,1H3. The zero-order valence-electron chi connectivity index (χ0n) is 9.52. The lowest BCUT2D eigenvalue weighted by Crippen LogP contribution is -1.97. The van der Waals surface area contributed by atoms with E-state index in [4.69, 9.17) is 0 Å². The minimum absolute atomic E-state index is 0.159. The summed E-state index contributed by atoms with van der Waals surface area (Å²) in [6, 6.07) is 14.9. The Bertz CT molecular complexity index is 488. The van der Waals surface area contributed by atoms with Gasteiger partial charge in [0.25, 0.3) is 0 Å². The number of rotatable bonds is 4. The number of benzene rings is 2. The van der Waals surface area contributed by atoms with E-state index in [1.807, 2.05) is 6.92 Å². The van der Waals surface area contributed by atoms with Crippen molar-refractivity contribution in [3.05, 3.63) is 48.0 Å². The Hall–Kier alpha value is -1.63. The molecule has 16 heavy (non-hydrogen) atoms. The molecule has 0 radical (unpaired) electrons. The molecular formula is C15H16O. The molecule has 0 aliphatic carbocycles. The van der Waals surface area contributed by atoms with Crippen LogP contribution in [0.2, 0.25) is 0 Å². The molecule has 0 fully saturated rings. The van der Waals surface area contributed by atoms with Crippen molar-refractivity contribution < 1.29 is 4.79 Å². The molecule has 0 N–H and O–H groups in total. The van der Waals surface area contributed by atoms with Crippen LogP contribution >= 0.6 is 0 Å². The zero-order chi connectivity index (χ0) is 11.4. The van der Waals surface area contributed by atoms with Crippen LogP contribution in [-0.4, -0.2) is 6.29 Å². The Morgan fingerprint density at radius 2 is 1.88 bits per heavy atom. The van der Waals surface area contributed by atoms with Crippen molar-refractivity contribution in [2.24, 2.45) is 5.92 Å². The van der Waals surface area contributed by atoms with E-state index < -0.39 is 0 Å². The van der Waals surface area contributed by atoms with Crippen molar-refractivity contribution in [3.8, 4) is 0 Å². The van der Waals surface area contributed by atoms with E-state index in [9.17, 15) is 4.79 Å². The van der Waals surface area contributed by atoms with Crippen molar-refractivity contribution in [3.63, 3.8) is 0 Å². The molecule has 0 saturated heterocycles. The second kappa shape index (κ2) is 4.93. The van der Waals surface area contributed by atoms with E-state index in [1.54, 1.807) is 0 Å². The van der Waals surface area contributed by atoms with Crippen LogP contribution in [0.4, 0.5) is 0 Å². The quantitative estimate of drug-likeness (QED) is 0.707. The Morgan fingerprint density at radius 3 is 2.62 bits per heavy atom. The molecule has 82 valence electrons. The second-order valence-corrected chi connectivity index (χ2v) is 4.33. The molecule has 0 saturated carbocycles. The predicted molar refractivity (Wildman–Crippen MR) is 67.5 cm³/mol. The molecule has 0 bridgehead atoms. The summed E-state index contributed by atoms with van der Waals surface area (Å²) >= 11 is 0. The van der Waals surface area contributed by atoms with E-state index in [0.717, 1.165) is 19.1 Å². The fourth-order valence-corrected chi connectivity index (χ4v) is 1.86. The average Bonchev–Trinajstić information content (AvgIpc) is 2.35. The fourth-order valence-electron chi connectivity index (χ4n) is 1.86. The average molecular weight is 212 g/mol. The van der Waals surface area contributed by atoms with E-state index in [1.165, 1.54) is 16.3 Å². The van der Waals surface area contributed by atoms with Crippen LogP contribution in [0, 0.1) is 5.92 Å². The summed E-state index contributed by atoms with van der Waals surface area (Å²) in [5.74, 6) is 0.159. The van der Waals surface area contributed by atoms with Crippen LogP contribution in [0.15, 0.2) is 42.5 Å². The molecule has 1 heteroatoms. The van der Waals surface area contributed by atoms with E-state index >= 15 is 0 Å². The van der Waals surface area contributed by atoms with Crippen LogP contribution < -0.4 is 0 Å². The van der Waals surface area contributed by atoms with Gasteiger partial charge in [0, 0.05) is 5.92 Å². The maximum atomic E-state index is 10.5.